The fraction of sp³-hybridized carbons (Fsp3) is 0.348. The summed E-state index contributed by atoms with van der Waals surface area (Å²) in [5.74, 6) is 2.16. The van der Waals surface area contributed by atoms with Crippen molar-refractivity contribution in [3.63, 3.8) is 0 Å². The summed E-state index contributed by atoms with van der Waals surface area (Å²) in [5, 5.41) is 14.6. The highest BCUT2D eigenvalue weighted by Gasteiger charge is 2.15. The van der Waals surface area contributed by atoms with Gasteiger partial charge in [0.05, 0.1) is 7.11 Å². The third kappa shape index (κ3) is 5.95. The molecular formula is C23H26N4O3S. The van der Waals surface area contributed by atoms with Gasteiger partial charge in [0.2, 0.25) is 5.13 Å². The molecule has 2 aromatic carbocycles. The molecule has 1 heterocycles. The van der Waals surface area contributed by atoms with Gasteiger partial charge >= 0.3 is 6.03 Å². The zero-order valence-corrected chi connectivity index (χ0v) is 18.3. The molecule has 0 unspecified atom stereocenters. The second kappa shape index (κ2) is 10.3. The van der Waals surface area contributed by atoms with Crippen LogP contribution in [-0.4, -0.2) is 23.3 Å². The molecule has 0 atom stereocenters. The van der Waals surface area contributed by atoms with Crippen LogP contribution in [0.25, 0.3) is 0 Å². The first-order valence-electron chi connectivity index (χ1n) is 10.5. The van der Waals surface area contributed by atoms with Crippen molar-refractivity contribution >= 4 is 28.2 Å². The number of carbonyl (C=O) groups excluding carboxylic acids is 1. The number of anilines is 2. The molecule has 8 heteroatoms. The number of urea groups is 1. The number of nitrogens with zero attached hydrogens (tertiary/aromatic N) is 2. The Morgan fingerprint density at radius 2 is 1.84 bits per heavy atom. The van der Waals surface area contributed by atoms with Crippen molar-refractivity contribution in [3.05, 3.63) is 59.1 Å². The maximum atomic E-state index is 12.2. The smallest absolute Gasteiger partial charge is 0.325 e. The molecule has 2 amide bonds. The van der Waals surface area contributed by atoms with E-state index in [1.165, 1.54) is 49.0 Å². The molecular weight excluding hydrogens is 412 g/mol. The SMILES string of the molecule is COc1cccc(NC(=O)Nc2nnc(COc3ccc(C4CCCCC4)cc3)s2)c1. The Kier molecular flexibility index (Phi) is 6.99. The van der Waals surface area contributed by atoms with E-state index in [2.05, 4.69) is 33.0 Å². The lowest BCUT2D eigenvalue weighted by Crippen LogP contribution is -2.19. The normalized spacial score (nSPS) is 14.1. The second-order valence-corrected chi connectivity index (χ2v) is 8.57. The fourth-order valence-corrected chi connectivity index (χ4v) is 4.39. The van der Waals surface area contributed by atoms with E-state index < -0.39 is 6.03 Å². The molecule has 1 saturated carbocycles. The fourth-order valence-electron chi connectivity index (χ4n) is 3.74. The van der Waals surface area contributed by atoms with Crippen molar-refractivity contribution < 1.29 is 14.3 Å². The Morgan fingerprint density at radius 1 is 1.03 bits per heavy atom. The molecule has 3 aromatic rings. The van der Waals surface area contributed by atoms with Crippen LogP contribution in [0.2, 0.25) is 0 Å². The first-order chi connectivity index (χ1) is 15.2. The summed E-state index contributed by atoms with van der Waals surface area (Å²) < 4.78 is 11.0. The Morgan fingerprint density at radius 3 is 2.61 bits per heavy atom. The zero-order valence-electron chi connectivity index (χ0n) is 17.5. The Hall–Kier alpha value is -3.13. The van der Waals surface area contributed by atoms with Gasteiger partial charge in [0.15, 0.2) is 5.01 Å². The van der Waals surface area contributed by atoms with E-state index in [0.29, 0.717) is 34.1 Å². The zero-order chi connectivity index (χ0) is 21.5. The molecule has 31 heavy (non-hydrogen) atoms. The summed E-state index contributed by atoms with van der Waals surface area (Å²) in [4.78, 5) is 12.2. The number of rotatable bonds is 7. The Labute approximate surface area is 185 Å². The highest BCUT2D eigenvalue weighted by Crippen LogP contribution is 2.33. The van der Waals surface area contributed by atoms with E-state index in [4.69, 9.17) is 9.47 Å². The molecule has 0 aliphatic heterocycles. The minimum Gasteiger partial charge on any atom is -0.497 e. The van der Waals surface area contributed by atoms with Crippen LogP contribution in [0.4, 0.5) is 15.6 Å². The van der Waals surface area contributed by atoms with Crippen LogP contribution in [0, 0.1) is 0 Å². The van der Waals surface area contributed by atoms with Crippen molar-refractivity contribution in [1.29, 1.82) is 0 Å². The van der Waals surface area contributed by atoms with Gasteiger partial charge in [-0.1, -0.05) is 48.8 Å². The van der Waals surface area contributed by atoms with Crippen LogP contribution in [0.3, 0.4) is 0 Å². The molecule has 0 bridgehead atoms. The molecule has 0 spiro atoms. The molecule has 0 saturated heterocycles. The molecule has 4 rings (SSSR count). The van der Waals surface area contributed by atoms with Crippen molar-refractivity contribution in [2.75, 3.05) is 17.7 Å². The monoisotopic (exact) mass is 438 g/mol. The summed E-state index contributed by atoms with van der Waals surface area (Å²) in [5.41, 5.74) is 2.03. The molecule has 1 aliphatic rings. The topological polar surface area (TPSA) is 85.4 Å². The van der Waals surface area contributed by atoms with E-state index in [1.54, 1.807) is 25.3 Å². The van der Waals surface area contributed by atoms with Gasteiger partial charge in [-0.25, -0.2) is 4.79 Å². The number of benzene rings is 2. The van der Waals surface area contributed by atoms with Gasteiger partial charge in [-0.15, -0.1) is 10.2 Å². The van der Waals surface area contributed by atoms with Gasteiger partial charge < -0.3 is 14.8 Å². The average molecular weight is 439 g/mol. The van der Waals surface area contributed by atoms with Gasteiger partial charge in [0.25, 0.3) is 0 Å². The molecule has 2 N–H and O–H groups in total. The molecule has 1 fully saturated rings. The minimum atomic E-state index is -0.393. The molecule has 0 radical (unpaired) electrons. The number of carbonyl (C=O) groups is 1. The quantitative estimate of drug-likeness (QED) is 0.486. The maximum absolute atomic E-state index is 12.2. The molecule has 1 aliphatic carbocycles. The number of aromatic nitrogens is 2. The van der Waals surface area contributed by atoms with E-state index >= 15 is 0 Å². The van der Waals surface area contributed by atoms with Crippen molar-refractivity contribution in [2.24, 2.45) is 0 Å². The number of ether oxygens (including phenoxy) is 2. The van der Waals surface area contributed by atoms with Crippen LogP contribution < -0.4 is 20.1 Å². The summed E-state index contributed by atoms with van der Waals surface area (Å²) in [7, 11) is 1.58. The summed E-state index contributed by atoms with van der Waals surface area (Å²) in [6.45, 7) is 0.305. The van der Waals surface area contributed by atoms with Crippen LogP contribution in [0.15, 0.2) is 48.5 Å². The van der Waals surface area contributed by atoms with Crippen molar-refractivity contribution in [3.8, 4) is 11.5 Å². The van der Waals surface area contributed by atoms with E-state index in [0.717, 1.165) is 5.75 Å². The average Bonchev–Trinajstić information content (AvgIpc) is 3.26. The highest BCUT2D eigenvalue weighted by molar-refractivity contribution is 7.15. The van der Waals surface area contributed by atoms with Gasteiger partial charge in [-0.05, 0) is 48.6 Å². The van der Waals surface area contributed by atoms with E-state index in [9.17, 15) is 4.79 Å². The minimum absolute atomic E-state index is 0.305. The standard InChI is InChI=1S/C23H26N4O3S/c1-29-20-9-5-8-18(14-20)24-22(28)25-23-27-26-21(31-23)15-30-19-12-10-17(11-13-19)16-6-3-2-4-7-16/h5,8-14,16H,2-4,6-7,15H2,1H3,(H2,24,25,27,28). The Bertz CT molecular complexity index is 1000. The highest BCUT2D eigenvalue weighted by atomic mass is 32.1. The number of hydrogen-bond acceptors (Lipinski definition) is 6. The third-order valence-corrected chi connectivity index (χ3v) is 6.15. The van der Waals surface area contributed by atoms with Crippen molar-refractivity contribution in [1.82, 2.24) is 10.2 Å². The second-order valence-electron chi connectivity index (χ2n) is 7.50. The predicted octanol–water partition coefficient (Wildman–Crippen LogP) is 5.82. The van der Waals surface area contributed by atoms with Gasteiger partial charge in [-0.2, -0.15) is 0 Å². The first kappa shape index (κ1) is 21.1. The van der Waals surface area contributed by atoms with Gasteiger partial charge in [-0.3, -0.25) is 5.32 Å². The maximum Gasteiger partial charge on any atom is 0.325 e. The lowest BCUT2D eigenvalue weighted by Gasteiger charge is -2.22. The molecule has 1 aromatic heterocycles. The van der Waals surface area contributed by atoms with Crippen LogP contribution >= 0.6 is 11.3 Å². The third-order valence-electron chi connectivity index (χ3n) is 5.33. The predicted molar refractivity (Wildman–Crippen MR) is 122 cm³/mol. The molecule has 7 nitrogen and oxygen atoms in total. The lowest BCUT2D eigenvalue weighted by molar-refractivity contribution is 0.262. The van der Waals surface area contributed by atoms with Crippen LogP contribution in [0.5, 0.6) is 11.5 Å². The van der Waals surface area contributed by atoms with Gasteiger partial charge in [0.1, 0.15) is 18.1 Å². The number of methoxy groups -OCH3 is 1. The Balaban J connectivity index is 1.26. The number of nitrogens with one attached hydrogen (secondary N) is 2. The largest absolute Gasteiger partial charge is 0.497 e. The summed E-state index contributed by atoms with van der Waals surface area (Å²) >= 11 is 1.28. The summed E-state index contributed by atoms with van der Waals surface area (Å²) in [6.07, 6.45) is 6.58. The lowest BCUT2D eigenvalue weighted by atomic mass is 9.84. The van der Waals surface area contributed by atoms with Crippen LogP contribution in [-0.2, 0) is 6.61 Å². The van der Waals surface area contributed by atoms with Gasteiger partial charge in [0, 0.05) is 11.8 Å². The van der Waals surface area contributed by atoms with E-state index in [-0.39, 0.29) is 0 Å². The van der Waals surface area contributed by atoms with Crippen molar-refractivity contribution in [2.45, 2.75) is 44.6 Å². The van der Waals surface area contributed by atoms with E-state index in [1.807, 2.05) is 18.2 Å². The number of amides is 2. The molecule has 162 valence electrons. The number of hydrogen-bond donors (Lipinski definition) is 2. The first-order valence-corrected chi connectivity index (χ1v) is 11.3. The summed E-state index contributed by atoms with van der Waals surface area (Å²) in [6, 6.07) is 15.1. The van der Waals surface area contributed by atoms with Crippen LogP contribution in [0.1, 0.15) is 48.6 Å².